The highest BCUT2D eigenvalue weighted by atomic mass is 16.7. The van der Waals surface area contributed by atoms with E-state index < -0.39 is 6.09 Å². The SMILES string of the molecule is C/C(=N\OC(=O)N(CCC1NCCC1O)C(C)C)[C@H]1CC[C@H]2[C@@H]3CCC4=CC(=O)CC[C@]4(C)[C@H]3CC[C@]12C. The Morgan fingerprint density at radius 2 is 1.95 bits per heavy atom. The maximum atomic E-state index is 13.0. The maximum absolute atomic E-state index is 13.0. The van der Waals surface area contributed by atoms with Crippen molar-refractivity contribution in [3.63, 3.8) is 0 Å². The van der Waals surface area contributed by atoms with E-state index in [4.69, 9.17) is 4.84 Å². The Labute approximate surface area is 228 Å². The number of oxime groups is 1. The molecule has 2 unspecified atom stereocenters. The molecule has 0 spiro atoms. The molecule has 38 heavy (non-hydrogen) atoms. The number of hydrogen-bond acceptors (Lipinski definition) is 6. The summed E-state index contributed by atoms with van der Waals surface area (Å²) in [7, 11) is 0. The molecule has 1 aliphatic heterocycles. The second kappa shape index (κ2) is 10.7. The largest absolute Gasteiger partial charge is 0.436 e. The van der Waals surface area contributed by atoms with Gasteiger partial charge in [-0.15, -0.1) is 0 Å². The fourth-order valence-corrected chi connectivity index (χ4v) is 9.36. The first-order valence-corrected chi connectivity index (χ1v) is 15.2. The number of allylic oxidation sites excluding steroid dienone is 1. The van der Waals surface area contributed by atoms with Gasteiger partial charge in [0.15, 0.2) is 5.78 Å². The van der Waals surface area contributed by atoms with Crippen LogP contribution in [-0.4, -0.2) is 58.9 Å². The standard InChI is InChI=1S/C31H49N3O4/c1-19(2)34(17-13-27-28(36)12-16-32-27)29(37)38-33-20(3)24-8-9-25-23-7-6-21-18-22(35)10-14-30(21,4)26(23)11-15-31(24,25)5/h18-19,23-28,32,36H,6-17H2,1-5H3/b33-20+/t23-,24+,25-,26-,27?,28?,30-,31+/m0/s1. The summed E-state index contributed by atoms with van der Waals surface area (Å²) in [4.78, 5) is 32.4. The molecule has 5 aliphatic rings. The third kappa shape index (κ3) is 4.87. The predicted octanol–water partition coefficient (Wildman–Crippen LogP) is 5.47. The lowest BCUT2D eigenvalue weighted by molar-refractivity contribution is -0.117. The highest BCUT2D eigenvalue weighted by molar-refractivity contribution is 5.91. The van der Waals surface area contributed by atoms with Crippen LogP contribution in [0.25, 0.3) is 0 Å². The van der Waals surface area contributed by atoms with Crippen LogP contribution < -0.4 is 5.32 Å². The molecule has 4 fully saturated rings. The molecule has 4 aliphatic carbocycles. The molecule has 1 saturated heterocycles. The van der Waals surface area contributed by atoms with Crippen LogP contribution in [0.5, 0.6) is 0 Å². The Bertz CT molecular complexity index is 992. The van der Waals surface area contributed by atoms with Gasteiger partial charge in [0.1, 0.15) is 0 Å². The van der Waals surface area contributed by atoms with E-state index in [1.807, 2.05) is 26.8 Å². The summed E-state index contributed by atoms with van der Waals surface area (Å²) in [6.45, 7) is 12.3. The minimum Gasteiger partial charge on any atom is -0.391 e. The number of nitrogens with one attached hydrogen (secondary N) is 1. The first-order valence-electron chi connectivity index (χ1n) is 15.2. The Balaban J connectivity index is 1.24. The number of carbonyl (C=O) groups is 2. The van der Waals surface area contributed by atoms with E-state index in [0.717, 1.165) is 37.9 Å². The van der Waals surface area contributed by atoms with Gasteiger partial charge < -0.3 is 15.3 Å². The van der Waals surface area contributed by atoms with Crippen LogP contribution in [0.3, 0.4) is 0 Å². The summed E-state index contributed by atoms with van der Waals surface area (Å²) in [5.74, 6) is 2.71. The van der Waals surface area contributed by atoms with Crippen molar-refractivity contribution in [1.82, 2.24) is 10.2 Å². The second-order valence-electron chi connectivity index (χ2n) is 13.7. The molecule has 7 nitrogen and oxygen atoms in total. The zero-order chi connectivity index (χ0) is 27.2. The molecule has 0 aromatic heterocycles. The number of amides is 1. The summed E-state index contributed by atoms with van der Waals surface area (Å²) >= 11 is 0. The second-order valence-corrected chi connectivity index (χ2v) is 13.7. The summed E-state index contributed by atoms with van der Waals surface area (Å²) in [5.41, 5.74) is 2.75. The van der Waals surface area contributed by atoms with E-state index >= 15 is 0 Å². The van der Waals surface area contributed by atoms with Gasteiger partial charge in [0, 0.05) is 31.0 Å². The number of aliphatic hydroxyl groups excluding tert-OH is 1. The minimum absolute atomic E-state index is 0.00176. The molecule has 0 radical (unpaired) electrons. The molecule has 2 N–H and O–H groups in total. The van der Waals surface area contributed by atoms with Crippen LogP contribution >= 0.6 is 0 Å². The van der Waals surface area contributed by atoms with Gasteiger partial charge in [-0.2, -0.15) is 0 Å². The number of fused-ring (bicyclic) bond motifs is 5. The van der Waals surface area contributed by atoms with Gasteiger partial charge in [0.2, 0.25) is 0 Å². The van der Waals surface area contributed by atoms with Gasteiger partial charge in [-0.3, -0.25) is 9.63 Å². The van der Waals surface area contributed by atoms with Gasteiger partial charge in [-0.1, -0.05) is 24.6 Å². The lowest BCUT2D eigenvalue weighted by Gasteiger charge is -2.58. The van der Waals surface area contributed by atoms with Crippen molar-refractivity contribution in [3.8, 4) is 0 Å². The summed E-state index contributed by atoms with van der Waals surface area (Å²) in [5, 5.41) is 17.9. The highest BCUT2D eigenvalue weighted by Crippen LogP contribution is 2.66. The first-order chi connectivity index (χ1) is 18.0. The maximum Gasteiger partial charge on any atom is 0.436 e. The van der Waals surface area contributed by atoms with Crippen LogP contribution in [0.15, 0.2) is 16.8 Å². The third-order valence-electron chi connectivity index (χ3n) is 11.6. The van der Waals surface area contributed by atoms with Crippen molar-refractivity contribution in [3.05, 3.63) is 11.6 Å². The molecule has 7 heteroatoms. The van der Waals surface area contributed by atoms with Gasteiger partial charge >= 0.3 is 6.09 Å². The molecule has 8 atom stereocenters. The minimum atomic E-state index is -0.401. The normalized spacial score (nSPS) is 40.9. The molecule has 1 amide bonds. The average Bonchev–Trinajstić information content (AvgIpc) is 3.45. The molecular formula is C31H49N3O4. The number of nitrogens with zero attached hydrogens (tertiary/aromatic N) is 2. The van der Waals surface area contributed by atoms with E-state index in [0.29, 0.717) is 48.8 Å². The molecule has 212 valence electrons. The average molecular weight is 528 g/mol. The zero-order valence-corrected chi connectivity index (χ0v) is 24.2. The van der Waals surface area contributed by atoms with Crippen molar-refractivity contribution < 1.29 is 19.5 Å². The van der Waals surface area contributed by atoms with E-state index in [1.54, 1.807) is 4.90 Å². The lowest BCUT2D eigenvalue weighted by atomic mass is 9.46. The Kier molecular flexibility index (Phi) is 7.82. The van der Waals surface area contributed by atoms with Crippen molar-refractivity contribution in [1.29, 1.82) is 0 Å². The van der Waals surface area contributed by atoms with Crippen LogP contribution in [0.1, 0.15) is 98.8 Å². The molecule has 0 aromatic rings. The predicted molar refractivity (Wildman–Crippen MR) is 149 cm³/mol. The van der Waals surface area contributed by atoms with Crippen molar-refractivity contribution in [2.75, 3.05) is 13.1 Å². The number of carbonyl (C=O) groups excluding carboxylic acids is 2. The van der Waals surface area contributed by atoms with E-state index in [2.05, 4.69) is 24.3 Å². The molecule has 3 saturated carbocycles. The monoisotopic (exact) mass is 527 g/mol. The first kappa shape index (κ1) is 27.8. The van der Waals surface area contributed by atoms with Crippen LogP contribution in [0.2, 0.25) is 0 Å². The molecular weight excluding hydrogens is 478 g/mol. The number of rotatable bonds is 6. The van der Waals surface area contributed by atoms with Crippen molar-refractivity contribution in [2.45, 2.75) is 117 Å². The van der Waals surface area contributed by atoms with Gasteiger partial charge in [-0.05, 0) is 120 Å². The lowest BCUT2D eigenvalue weighted by Crippen LogP contribution is -2.51. The summed E-state index contributed by atoms with van der Waals surface area (Å²) in [6.07, 6.45) is 11.4. The van der Waals surface area contributed by atoms with Crippen LogP contribution in [0, 0.1) is 34.5 Å². The third-order valence-corrected chi connectivity index (χ3v) is 11.6. The van der Waals surface area contributed by atoms with Crippen LogP contribution in [0.4, 0.5) is 4.79 Å². The fourth-order valence-electron chi connectivity index (χ4n) is 9.36. The van der Waals surface area contributed by atoms with Crippen molar-refractivity contribution >= 4 is 17.6 Å². The topological polar surface area (TPSA) is 91.2 Å². The van der Waals surface area contributed by atoms with E-state index in [1.165, 1.54) is 31.3 Å². The Morgan fingerprint density at radius 3 is 2.66 bits per heavy atom. The van der Waals surface area contributed by atoms with Crippen LogP contribution in [-0.2, 0) is 9.63 Å². The molecule has 5 rings (SSSR count). The fraction of sp³-hybridized carbons (Fsp3) is 0.839. The van der Waals surface area contributed by atoms with E-state index in [9.17, 15) is 14.7 Å². The smallest absolute Gasteiger partial charge is 0.391 e. The highest BCUT2D eigenvalue weighted by Gasteiger charge is 2.59. The Hall–Kier alpha value is -1.73. The van der Waals surface area contributed by atoms with Crippen molar-refractivity contribution in [2.24, 2.45) is 39.7 Å². The molecule has 0 aromatic carbocycles. The summed E-state index contributed by atoms with van der Waals surface area (Å²) in [6, 6.07) is 0.0318. The van der Waals surface area contributed by atoms with Gasteiger partial charge in [0.25, 0.3) is 0 Å². The number of aliphatic hydroxyl groups is 1. The summed E-state index contributed by atoms with van der Waals surface area (Å²) < 4.78 is 0. The number of hydrogen-bond donors (Lipinski definition) is 2. The number of ketones is 1. The quantitative estimate of drug-likeness (QED) is 0.272. The molecule has 0 bridgehead atoms. The zero-order valence-electron chi connectivity index (χ0n) is 24.2. The van der Waals surface area contributed by atoms with Gasteiger partial charge in [0.05, 0.1) is 11.8 Å². The Morgan fingerprint density at radius 1 is 1.16 bits per heavy atom. The van der Waals surface area contributed by atoms with E-state index in [-0.39, 0.29) is 29.0 Å². The van der Waals surface area contributed by atoms with Gasteiger partial charge in [-0.25, -0.2) is 4.79 Å². The molecule has 1 heterocycles.